The van der Waals surface area contributed by atoms with E-state index in [2.05, 4.69) is 217 Å². The maximum absolute atomic E-state index is 6.57. The molecule has 276 valence electrons. The molecule has 2 nitrogen and oxygen atoms in total. The minimum atomic E-state index is 0.898. The summed E-state index contributed by atoms with van der Waals surface area (Å²) < 4.78 is 9.17. The van der Waals surface area contributed by atoms with E-state index in [4.69, 9.17) is 4.42 Å². The first-order valence-corrected chi connectivity index (χ1v) is 20.9. The molecule has 0 aliphatic rings. The van der Waals surface area contributed by atoms with Crippen LogP contribution in [-0.4, -0.2) is 0 Å². The molecular formula is C56H35NOS. The van der Waals surface area contributed by atoms with E-state index < -0.39 is 0 Å². The number of para-hydroxylation sites is 1. The Hall–Kier alpha value is -7.46. The second kappa shape index (κ2) is 13.6. The van der Waals surface area contributed by atoms with Crippen molar-refractivity contribution < 1.29 is 4.42 Å². The molecule has 2 aromatic heterocycles. The van der Waals surface area contributed by atoms with Crippen molar-refractivity contribution in [2.45, 2.75) is 0 Å². The van der Waals surface area contributed by atoms with Gasteiger partial charge >= 0.3 is 0 Å². The van der Waals surface area contributed by atoms with Gasteiger partial charge in [0.05, 0.1) is 5.69 Å². The summed E-state index contributed by atoms with van der Waals surface area (Å²) in [6, 6.07) is 76.9. The molecule has 0 N–H and O–H groups in total. The Morgan fingerprint density at radius 2 is 0.898 bits per heavy atom. The molecule has 0 saturated heterocycles. The van der Waals surface area contributed by atoms with E-state index in [0.717, 1.165) is 55.5 Å². The van der Waals surface area contributed by atoms with Crippen molar-refractivity contribution in [2.75, 3.05) is 4.90 Å². The Bertz CT molecular complexity index is 3550. The molecule has 0 spiro atoms. The monoisotopic (exact) mass is 769 g/mol. The number of fused-ring (bicyclic) bond motifs is 9. The summed E-state index contributed by atoms with van der Waals surface area (Å²) in [7, 11) is 0. The fraction of sp³-hybridized carbons (Fsp3) is 0. The van der Waals surface area contributed by atoms with E-state index >= 15 is 0 Å². The summed E-state index contributed by atoms with van der Waals surface area (Å²) >= 11 is 1.86. The van der Waals surface area contributed by atoms with Crippen molar-refractivity contribution in [3.63, 3.8) is 0 Å². The van der Waals surface area contributed by atoms with E-state index in [-0.39, 0.29) is 0 Å². The van der Waals surface area contributed by atoms with Crippen LogP contribution in [0.2, 0.25) is 0 Å². The fourth-order valence-electron chi connectivity index (χ4n) is 9.17. The largest absolute Gasteiger partial charge is 0.455 e. The Labute approximate surface area is 345 Å². The van der Waals surface area contributed by atoms with Crippen molar-refractivity contribution in [3.8, 4) is 33.4 Å². The molecule has 0 amide bonds. The third-order valence-corrected chi connectivity index (χ3v) is 13.0. The molecule has 59 heavy (non-hydrogen) atoms. The molecule has 0 aliphatic heterocycles. The number of benzene rings is 10. The van der Waals surface area contributed by atoms with Crippen LogP contribution in [-0.2, 0) is 0 Å². The highest BCUT2D eigenvalue weighted by Crippen LogP contribution is 2.47. The van der Waals surface area contributed by atoms with Gasteiger partial charge < -0.3 is 9.32 Å². The zero-order valence-corrected chi connectivity index (χ0v) is 32.8. The molecule has 0 saturated carbocycles. The van der Waals surface area contributed by atoms with Gasteiger partial charge in [-0.15, -0.1) is 11.3 Å². The molecule has 0 fully saturated rings. The first kappa shape index (κ1) is 33.7. The highest BCUT2D eigenvalue weighted by atomic mass is 32.1. The van der Waals surface area contributed by atoms with Crippen molar-refractivity contribution in [1.82, 2.24) is 0 Å². The summed E-state index contributed by atoms with van der Waals surface area (Å²) in [6.45, 7) is 0. The SMILES string of the molecule is c1ccc(N(c2ccc(-c3cccc4ccccc34)cc2)c2ccc(-c3cccc4oc5c6ccccc6ccc5c34)cc2)c(-c2cccc3sc4ccccc4c23)c1. The average Bonchev–Trinajstić information content (AvgIpc) is 3.89. The van der Waals surface area contributed by atoms with Crippen molar-refractivity contribution >= 4 is 92.1 Å². The molecule has 12 rings (SSSR count). The second-order valence-electron chi connectivity index (χ2n) is 15.2. The van der Waals surface area contributed by atoms with Gasteiger partial charge in [0.15, 0.2) is 0 Å². The maximum Gasteiger partial charge on any atom is 0.143 e. The number of nitrogens with zero attached hydrogens (tertiary/aromatic N) is 1. The highest BCUT2D eigenvalue weighted by Gasteiger charge is 2.21. The minimum Gasteiger partial charge on any atom is -0.455 e. The molecule has 12 aromatic rings. The quantitative estimate of drug-likeness (QED) is 0.167. The van der Waals surface area contributed by atoms with E-state index in [9.17, 15) is 0 Å². The molecule has 10 aromatic carbocycles. The van der Waals surface area contributed by atoms with Gasteiger partial charge in [-0.3, -0.25) is 0 Å². The Kier molecular flexibility index (Phi) is 7.75. The van der Waals surface area contributed by atoms with Gasteiger partial charge in [-0.05, 0) is 98.6 Å². The third kappa shape index (κ3) is 5.47. The van der Waals surface area contributed by atoms with Crippen LogP contribution in [0.5, 0.6) is 0 Å². The van der Waals surface area contributed by atoms with E-state index in [1.807, 2.05) is 11.3 Å². The van der Waals surface area contributed by atoms with Crippen molar-refractivity contribution in [1.29, 1.82) is 0 Å². The highest BCUT2D eigenvalue weighted by molar-refractivity contribution is 7.25. The van der Waals surface area contributed by atoms with E-state index in [1.54, 1.807) is 0 Å². The second-order valence-corrected chi connectivity index (χ2v) is 16.3. The Morgan fingerprint density at radius 3 is 1.71 bits per heavy atom. The van der Waals surface area contributed by atoms with Crippen LogP contribution in [0.3, 0.4) is 0 Å². The molecule has 0 bridgehead atoms. The van der Waals surface area contributed by atoms with Crippen LogP contribution in [0, 0.1) is 0 Å². The van der Waals surface area contributed by atoms with Crippen LogP contribution in [0.1, 0.15) is 0 Å². The van der Waals surface area contributed by atoms with Gasteiger partial charge in [0, 0.05) is 53.3 Å². The van der Waals surface area contributed by atoms with Crippen LogP contribution in [0.15, 0.2) is 217 Å². The summed E-state index contributed by atoms with van der Waals surface area (Å²) in [6.07, 6.45) is 0. The zero-order valence-electron chi connectivity index (χ0n) is 32.0. The normalized spacial score (nSPS) is 11.7. The number of thiophene rings is 1. The number of rotatable bonds is 6. The zero-order chi connectivity index (χ0) is 38.9. The van der Waals surface area contributed by atoms with Crippen LogP contribution in [0.4, 0.5) is 17.1 Å². The average molecular weight is 770 g/mol. The van der Waals surface area contributed by atoms with Gasteiger partial charge in [-0.25, -0.2) is 0 Å². The van der Waals surface area contributed by atoms with Gasteiger partial charge in [0.1, 0.15) is 11.2 Å². The number of anilines is 3. The van der Waals surface area contributed by atoms with Crippen molar-refractivity contribution in [2.24, 2.45) is 0 Å². The van der Waals surface area contributed by atoms with Gasteiger partial charge in [0.2, 0.25) is 0 Å². The molecule has 0 aliphatic carbocycles. The smallest absolute Gasteiger partial charge is 0.143 e. The molecule has 0 unspecified atom stereocenters. The molecular weight excluding hydrogens is 735 g/mol. The Morgan fingerprint density at radius 1 is 0.339 bits per heavy atom. The van der Waals surface area contributed by atoms with E-state index in [1.165, 1.54) is 58.6 Å². The maximum atomic E-state index is 6.57. The predicted octanol–water partition coefficient (Wildman–Crippen LogP) is 16.7. The molecule has 0 atom stereocenters. The third-order valence-electron chi connectivity index (χ3n) is 11.9. The molecule has 0 radical (unpaired) electrons. The lowest BCUT2D eigenvalue weighted by atomic mass is 9.95. The first-order chi connectivity index (χ1) is 29.3. The molecule has 3 heteroatoms. The summed E-state index contributed by atoms with van der Waals surface area (Å²) in [4.78, 5) is 2.42. The number of furan rings is 1. The van der Waals surface area contributed by atoms with Gasteiger partial charge in [-0.1, -0.05) is 158 Å². The lowest BCUT2D eigenvalue weighted by Crippen LogP contribution is -2.11. The van der Waals surface area contributed by atoms with E-state index in [0.29, 0.717) is 0 Å². The standard InChI is InChI=1S/C56H35NOS/c1-3-15-42-36(12-1)14-9-19-43(42)38-26-31-40(32-27-38)57(50-22-7-5-17-46(50)47-21-11-25-53-55(47)48-18-6-8-24-52(48)59-53)41-33-28-39(29-34-41)44-20-10-23-51-54(44)49-35-30-37-13-2-4-16-45(37)56(49)58-51/h1-35H. The van der Waals surface area contributed by atoms with Crippen LogP contribution >= 0.6 is 11.3 Å². The molecule has 2 heterocycles. The summed E-state index contributed by atoms with van der Waals surface area (Å²) in [5.41, 5.74) is 12.3. The topological polar surface area (TPSA) is 16.4 Å². The first-order valence-electron chi connectivity index (χ1n) is 20.1. The number of hydrogen-bond acceptors (Lipinski definition) is 3. The van der Waals surface area contributed by atoms with Crippen LogP contribution in [0.25, 0.3) is 97.0 Å². The lowest BCUT2D eigenvalue weighted by Gasteiger charge is -2.28. The van der Waals surface area contributed by atoms with Crippen molar-refractivity contribution in [3.05, 3.63) is 212 Å². The minimum absolute atomic E-state index is 0.898. The summed E-state index contributed by atoms with van der Waals surface area (Å²) in [5, 5.41) is 9.68. The fourth-order valence-corrected chi connectivity index (χ4v) is 10.3. The number of hydrogen-bond donors (Lipinski definition) is 0. The summed E-state index contributed by atoms with van der Waals surface area (Å²) in [5.74, 6) is 0. The lowest BCUT2D eigenvalue weighted by molar-refractivity contribution is 0.673. The van der Waals surface area contributed by atoms with Crippen LogP contribution < -0.4 is 4.90 Å². The van der Waals surface area contributed by atoms with Gasteiger partial charge in [-0.2, -0.15) is 0 Å². The predicted molar refractivity (Wildman–Crippen MR) is 253 cm³/mol. The van der Waals surface area contributed by atoms with Gasteiger partial charge in [0.25, 0.3) is 0 Å². The Balaban J connectivity index is 1.03.